The molecule has 0 saturated heterocycles. The van der Waals surface area contributed by atoms with Gasteiger partial charge < -0.3 is 4.90 Å². The number of hydrogen-bond donors (Lipinski definition) is 0. The van der Waals surface area contributed by atoms with Gasteiger partial charge in [-0.1, -0.05) is 70.6 Å². The highest BCUT2D eigenvalue weighted by molar-refractivity contribution is 5.45. The van der Waals surface area contributed by atoms with Crippen molar-refractivity contribution in [3.63, 3.8) is 0 Å². The van der Waals surface area contributed by atoms with Crippen LogP contribution in [0.5, 0.6) is 0 Å². The fraction of sp³-hybridized carbons (Fsp3) is 0.667. The summed E-state index contributed by atoms with van der Waals surface area (Å²) in [6.07, 6.45) is 10.8. The van der Waals surface area contributed by atoms with Gasteiger partial charge in [0, 0.05) is 18.8 Å². The zero-order valence-corrected chi connectivity index (χ0v) is 12.9. The first kappa shape index (κ1) is 16.1. The van der Waals surface area contributed by atoms with E-state index in [0.717, 1.165) is 0 Å². The summed E-state index contributed by atoms with van der Waals surface area (Å²) in [7, 11) is 0. The van der Waals surface area contributed by atoms with Crippen molar-refractivity contribution in [2.24, 2.45) is 0 Å². The summed E-state index contributed by atoms with van der Waals surface area (Å²) >= 11 is 0. The summed E-state index contributed by atoms with van der Waals surface area (Å²) in [6.45, 7) is 6.99. The molecule has 0 saturated carbocycles. The van der Waals surface area contributed by atoms with Crippen molar-refractivity contribution >= 4 is 5.69 Å². The first-order valence-electron chi connectivity index (χ1n) is 8.18. The Balaban J connectivity index is 2.36. The van der Waals surface area contributed by atoms with E-state index in [4.69, 9.17) is 0 Å². The van der Waals surface area contributed by atoms with Crippen LogP contribution in [0.15, 0.2) is 30.3 Å². The number of rotatable bonds is 11. The van der Waals surface area contributed by atoms with Gasteiger partial charge in [-0.2, -0.15) is 0 Å². The summed E-state index contributed by atoms with van der Waals surface area (Å²) < 4.78 is 0. The first-order chi connectivity index (χ1) is 9.38. The highest BCUT2D eigenvalue weighted by Gasteiger charge is 2.05. The van der Waals surface area contributed by atoms with Crippen LogP contribution in [0.3, 0.4) is 0 Å². The van der Waals surface area contributed by atoms with Crippen LogP contribution in [0.4, 0.5) is 5.69 Å². The van der Waals surface area contributed by atoms with Gasteiger partial charge in [0.15, 0.2) is 0 Å². The lowest BCUT2D eigenvalue weighted by Gasteiger charge is -2.25. The minimum atomic E-state index is 1.21. The van der Waals surface area contributed by atoms with Gasteiger partial charge in [-0.3, -0.25) is 0 Å². The Morgan fingerprint density at radius 3 is 1.84 bits per heavy atom. The molecule has 0 aliphatic heterocycles. The van der Waals surface area contributed by atoms with Crippen molar-refractivity contribution in [3.8, 4) is 0 Å². The molecule has 1 aromatic rings. The maximum atomic E-state index is 2.57. The molecule has 19 heavy (non-hydrogen) atoms. The van der Waals surface area contributed by atoms with Gasteiger partial charge in [0.25, 0.3) is 0 Å². The van der Waals surface area contributed by atoms with Gasteiger partial charge >= 0.3 is 0 Å². The Kier molecular flexibility index (Phi) is 9.22. The predicted octanol–water partition coefficient (Wildman–Crippen LogP) is 5.65. The highest BCUT2D eigenvalue weighted by atomic mass is 15.1. The van der Waals surface area contributed by atoms with Gasteiger partial charge in [0.1, 0.15) is 0 Å². The summed E-state index contributed by atoms with van der Waals surface area (Å²) in [4.78, 5) is 2.57. The van der Waals surface area contributed by atoms with Gasteiger partial charge in [0.05, 0.1) is 0 Å². The fourth-order valence-electron chi connectivity index (χ4n) is 2.47. The average Bonchev–Trinajstić information content (AvgIpc) is 2.46. The smallest absolute Gasteiger partial charge is 0.0366 e. The molecule has 0 spiro atoms. The second-order valence-electron chi connectivity index (χ2n) is 5.44. The van der Waals surface area contributed by atoms with E-state index in [1.54, 1.807) is 0 Å². The summed E-state index contributed by atoms with van der Waals surface area (Å²) in [5, 5.41) is 0. The maximum Gasteiger partial charge on any atom is 0.0366 e. The van der Waals surface area contributed by atoms with Gasteiger partial charge in [-0.05, 0) is 25.0 Å². The Morgan fingerprint density at radius 1 is 0.684 bits per heavy atom. The van der Waals surface area contributed by atoms with Crippen LogP contribution in [0, 0.1) is 0 Å². The molecule has 108 valence electrons. The summed E-state index contributed by atoms with van der Waals surface area (Å²) in [5.41, 5.74) is 1.40. The Hall–Kier alpha value is -0.980. The number of anilines is 1. The quantitative estimate of drug-likeness (QED) is 0.465. The van der Waals surface area contributed by atoms with Crippen LogP contribution in [0.25, 0.3) is 0 Å². The molecular formula is C18H31N. The molecular weight excluding hydrogens is 230 g/mol. The molecule has 1 heteroatoms. The Bertz CT molecular complexity index is 294. The summed E-state index contributed by atoms with van der Waals surface area (Å²) in [5.74, 6) is 0. The molecule has 0 atom stereocenters. The molecule has 0 radical (unpaired) electrons. The van der Waals surface area contributed by atoms with Gasteiger partial charge in [-0.15, -0.1) is 0 Å². The number of para-hydroxylation sites is 1. The maximum absolute atomic E-state index is 2.57. The average molecular weight is 261 g/mol. The van der Waals surface area contributed by atoms with Crippen molar-refractivity contribution in [1.29, 1.82) is 0 Å². The van der Waals surface area contributed by atoms with Crippen molar-refractivity contribution in [2.45, 2.75) is 65.2 Å². The first-order valence-corrected chi connectivity index (χ1v) is 8.18. The summed E-state index contributed by atoms with van der Waals surface area (Å²) in [6, 6.07) is 10.9. The van der Waals surface area contributed by atoms with Crippen molar-refractivity contribution in [2.75, 3.05) is 18.0 Å². The number of nitrogens with zero attached hydrogens (tertiary/aromatic N) is 1. The third kappa shape index (κ3) is 7.25. The normalized spacial score (nSPS) is 10.6. The largest absolute Gasteiger partial charge is 0.372 e. The van der Waals surface area contributed by atoms with Crippen molar-refractivity contribution < 1.29 is 0 Å². The van der Waals surface area contributed by atoms with Crippen molar-refractivity contribution in [1.82, 2.24) is 0 Å². The lowest BCUT2D eigenvalue weighted by Crippen LogP contribution is -2.25. The van der Waals surface area contributed by atoms with E-state index in [0.29, 0.717) is 0 Å². The van der Waals surface area contributed by atoms with Crippen LogP contribution in [-0.2, 0) is 0 Å². The van der Waals surface area contributed by atoms with E-state index in [9.17, 15) is 0 Å². The molecule has 1 nitrogen and oxygen atoms in total. The molecule has 0 amide bonds. The second kappa shape index (κ2) is 10.9. The van der Waals surface area contributed by atoms with Crippen LogP contribution in [-0.4, -0.2) is 13.1 Å². The number of unbranched alkanes of at least 4 members (excludes halogenated alkanes) is 6. The van der Waals surface area contributed by atoms with Gasteiger partial charge in [-0.25, -0.2) is 0 Å². The lowest BCUT2D eigenvalue weighted by atomic mass is 10.1. The number of benzene rings is 1. The minimum absolute atomic E-state index is 1.21. The fourth-order valence-corrected chi connectivity index (χ4v) is 2.47. The number of hydrogen-bond acceptors (Lipinski definition) is 1. The lowest BCUT2D eigenvalue weighted by molar-refractivity contribution is 0.604. The second-order valence-corrected chi connectivity index (χ2v) is 5.44. The van der Waals surface area contributed by atoms with E-state index >= 15 is 0 Å². The minimum Gasteiger partial charge on any atom is -0.372 e. The monoisotopic (exact) mass is 261 g/mol. The van der Waals surface area contributed by atoms with Crippen LogP contribution in [0.1, 0.15) is 65.2 Å². The third-order valence-corrected chi connectivity index (χ3v) is 3.68. The molecule has 0 fully saturated rings. The van der Waals surface area contributed by atoms with Gasteiger partial charge in [0.2, 0.25) is 0 Å². The Morgan fingerprint density at radius 2 is 1.21 bits per heavy atom. The molecule has 0 unspecified atom stereocenters. The SMILES string of the molecule is CCCCCCCN(CCCCC)c1ccccc1. The molecule has 0 aliphatic carbocycles. The molecule has 1 rings (SSSR count). The van der Waals surface area contributed by atoms with Crippen LogP contribution in [0.2, 0.25) is 0 Å². The van der Waals surface area contributed by atoms with E-state index < -0.39 is 0 Å². The molecule has 1 aromatic carbocycles. The van der Waals surface area contributed by atoms with Crippen LogP contribution >= 0.6 is 0 Å². The predicted molar refractivity (Wildman–Crippen MR) is 86.9 cm³/mol. The van der Waals surface area contributed by atoms with Crippen LogP contribution < -0.4 is 4.90 Å². The van der Waals surface area contributed by atoms with E-state index in [1.165, 1.54) is 70.1 Å². The van der Waals surface area contributed by atoms with Crippen molar-refractivity contribution in [3.05, 3.63) is 30.3 Å². The zero-order valence-electron chi connectivity index (χ0n) is 12.9. The molecule has 0 aliphatic rings. The molecule has 0 bridgehead atoms. The highest BCUT2D eigenvalue weighted by Crippen LogP contribution is 2.16. The Labute approximate surface area is 120 Å². The topological polar surface area (TPSA) is 3.24 Å². The molecule has 0 aromatic heterocycles. The van der Waals surface area contributed by atoms with E-state index in [-0.39, 0.29) is 0 Å². The molecule has 0 N–H and O–H groups in total. The standard InChI is InChI=1S/C18H31N/c1-3-5-7-8-13-17-19(16-12-6-4-2)18-14-10-9-11-15-18/h9-11,14-15H,3-8,12-13,16-17H2,1-2H3. The molecule has 0 heterocycles. The third-order valence-electron chi connectivity index (χ3n) is 3.68. The zero-order chi connectivity index (χ0) is 13.8. The van der Waals surface area contributed by atoms with E-state index in [1.807, 2.05) is 0 Å². The van der Waals surface area contributed by atoms with E-state index in [2.05, 4.69) is 49.1 Å².